The Bertz CT molecular complexity index is 852. The molecule has 0 aromatic heterocycles. The van der Waals surface area contributed by atoms with Crippen molar-refractivity contribution in [3.8, 4) is 11.5 Å². The molecule has 0 aliphatic carbocycles. The van der Waals surface area contributed by atoms with Gasteiger partial charge in [0.1, 0.15) is 21.6 Å². The Labute approximate surface area is 231 Å². The molecular formula is C25H35KO4S. The number of benzene rings is 2. The van der Waals surface area contributed by atoms with Crippen LogP contribution in [0.1, 0.15) is 83.1 Å². The second-order valence-corrected chi connectivity index (χ2v) is 9.30. The van der Waals surface area contributed by atoms with E-state index >= 15 is 0 Å². The van der Waals surface area contributed by atoms with E-state index in [0.717, 1.165) is 18.4 Å². The Hall–Kier alpha value is -0.214. The summed E-state index contributed by atoms with van der Waals surface area (Å²) in [4.78, 5) is -0.275. The second-order valence-electron chi connectivity index (χ2n) is 7.92. The molecule has 2 aromatic rings. The van der Waals surface area contributed by atoms with Crippen LogP contribution in [0.3, 0.4) is 0 Å². The van der Waals surface area contributed by atoms with Crippen LogP contribution in [-0.2, 0) is 16.5 Å². The average Bonchev–Trinajstić information content (AvgIpc) is 2.73. The molecular weight excluding hydrogens is 435 g/mol. The van der Waals surface area contributed by atoms with E-state index in [4.69, 9.17) is 4.74 Å². The van der Waals surface area contributed by atoms with E-state index in [-0.39, 0.29) is 56.3 Å². The molecule has 0 saturated heterocycles. The van der Waals surface area contributed by atoms with E-state index < -0.39 is 10.1 Å². The summed E-state index contributed by atoms with van der Waals surface area (Å²) in [5.41, 5.74) is 1.10. The van der Waals surface area contributed by atoms with Crippen LogP contribution in [0, 0.1) is 0 Å². The van der Waals surface area contributed by atoms with Gasteiger partial charge in [-0.15, -0.1) is 0 Å². The molecule has 0 unspecified atom stereocenters. The fourth-order valence-corrected chi connectivity index (χ4v) is 4.12. The summed E-state index contributed by atoms with van der Waals surface area (Å²) >= 11 is 0. The average molecular weight is 471 g/mol. The second kappa shape index (κ2) is 16.4. The normalized spacial score (nSPS) is 11.2. The summed E-state index contributed by atoms with van der Waals surface area (Å²) in [5.74, 6) is 1.07. The van der Waals surface area contributed by atoms with Gasteiger partial charge in [-0.2, -0.15) is 0 Å². The summed E-state index contributed by atoms with van der Waals surface area (Å²) in [7, 11) is -4.49. The van der Waals surface area contributed by atoms with Crippen LogP contribution in [-0.4, -0.2) is 13.0 Å². The van der Waals surface area contributed by atoms with E-state index in [1.54, 1.807) is 6.07 Å². The van der Waals surface area contributed by atoms with Crippen LogP contribution in [0.2, 0.25) is 0 Å². The standard InChI is InChI=1S/C25H36O4S.K/c1-2-3-4-5-6-7-8-9-10-11-12-16-22-17-13-14-20-25(22)29-23-18-15-19-24(21-23)30(26,27)28;/h13-15,17-21H,2-12,16H2,1H3,(H,26,27,28);/q;+1/p-1. The van der Waals surface area contributed by atoms with Crippen molar-refractivity contribution >= 4 is 10.1 Å². The summed E-state index contributed by atoms with van der Waals surface area (Å²) < 4.78 is 39.6. The van der Waals surface area contributed by atoms with Crippen LogP contribution in [0.5, 0.6) is 11.5 Å². The summed E-state index contributed by atoms with van der Waals surface area (Å²) in [6.07, 6.45) is 15.3. The maximum absolute atomic E-state index is 11.2. The molecule has 6 heteroatoms. The van der Waals surface area contributed by atoms with E-state index in [1.807, 2.05) is 24.3 Å². The van der Waals surface area contributed by atoms with Crippen LogP contribution < -0.4 is 56.1 Å². The number of hydrogen-bond acceptors (Lipinski definition) is 4. The largest absolute Gasteiger partial charge is 1.00 e. The molecule has 0 N–H and O–H groups in total. The number of para-hydroxylation sites is 1. The topological polar surface area (TPSA) is 66.4 Å². The van der Waals surface area contributed by atoms with Gasteiger partial charge >= 0.3 is 51.4 Å². The molecule has 0 spiro atoms. The third kappa shape index (κ3) is 12.0. The van der Waals surface area contributed by atoms with Gasteiger partial charge in [0.25, 0.3) is 0 Å². The van der Waals surface area contributed by atoms with Crippen molar-refractivity contribution < 1.29 is 69.1 Å². The van der Waals surface area contributed by atoms with Crippen molar-refractivity contribution in [3.63, 3.8) is 0 Å². The minimum absolute atomic E-state index is 0. The molecule has 2 rings (SSSR count). The van der Waals surface area contributed by atoms with Crippen LogP contribution in [0.15, 0.2) is 53.4 Å². The third-order valence-electron chi connectivity index (χ3n) is 5.34. The molecule has 0 radical (unpaired) electrons. The zero-order valence-corrected chi connectivity index (χ0v) is 23.1. The van der Waals surface area contributed by atoms with Crippen molar-refractivity contribution in [3.05, 3.63) is 54.1 Å². The SMILES string of the molecule is CCCCCCCCCCCCCc1ccccc1Oc1cccc(S(=O)(=O)[O-])c1.[K+]. The minimum atomic E-state index is -4.49. The van der Waals surface area contributed by atoms with Gasteiger partial charge < -0.3 is 9.29 Å². The monoisotopic (exact) mass is 470 g/mol. The Balaban J connectivity index is 0.00000480. The fraction of sp³-hybridized carbons (Fsp3) is 0.520. The molecule has 0 amide bonds. The van der Waals surface area contributed by atoms with Crippen LogP contribution in [0.4, 0.5) is 0 Å². The van der Waals surface area contributed by atoms with Gasteiger partial charge in [-0.05, 0) is 42.7 Å². The predicted octanol–water partition coefficient (Wildman–Crippen LogP) is 4.24. The first kappa shape index (κ1) is 28.8. The number of hydrogen-bond donors (Lipinski definition) is 0. The Morgan fingerprint density at radius 3 is 1.97 bits per heavy atom. The Kier molecular flexibility index (Phi) is 15.3. The van der Waals surface area contributed by atoms with Gasteiger partial charge in [-0.1, -0.05) is 95.4 Å². The maximum atomic E-state index is 11.2. The number of ether oxygens (including phenoxy) is 1. The molecule has 0 bridgehead atoms. The Morgan fingerprint density at radius 1 is 0.774 bits per heavy atom. The molecule has 0 aliphatic rings. The third-order valence-corrected chi connectivity index (χ3v) is 6.18. The first-order valence-corrected chi connectivity index (χ1v) is 12.7. The van der Waals surface area contributed by atoms with Crippen LogP contribution >= 0.6 is 0 Å². The minimum Gasteiger partial charge on any atom is -0.744 e. The summed E-state index contributed by atoms with van der Waals surface area (Å²) in [6.45, 7) is 2.25. The molecule has 0 atom stereocenters. The van der Waals surface area contributed by atoms with E-state index in [2.05, 4.69) is 6.92 Å². The first-order valence-electron chi connectivity index (χ1n) is 11.3. The van der Waals surface area contributed by atoms with Gasteiger partial charge in [0.05, 0.1) is 4.90 Å². The van der Waals surface area contributed by atoms with Crippen molar-refractivity contribution in [2.75, 3.05) is 0 Å². The summed E-state index contributed by atoms with van der Waals surface area (Å²) in [5, 5.41) is 0. The van der Waals surface area contributed by atoms with Crippen molar-refractivity contribution in [1.29, 1.82) is 0 Å². The fourth-order valence-electron chi connectivity index (χ4n) is 3.61. The van der Waals surface area contributed by atoms with Gasteiger partial charge in [0.15, 0.2) is 0 Å². The zero-order chi connectivity index (χ0) is 21.7. The van der Waals surface area contributed by atoms with E-state index in [9.17, 15) is 13.0 Å². The quantitative estimate of drug-likeness (QED) is 0.222. The molecule has 2 aromatic carbocycles. The number of unbranched alkanes of at least 4 members (excludes halogenated alkanes) is 10. The molecule has 4 nitrogen and oxygen atoms in total. The van der Waals surface area contributed by atoms with Crippen molar-refractivity contribution in [2.45, 2.75) is 88.9 Å². The van der Waals surface area contributed by atoms with E-state index in [1.165, 1.54) is 82.4 Å². The molecule has 0 saturated carbocycles. The van der Waals surface area contributed by atoms with Gasteiger partial charge in [0, 0.05) is 0 Å². The van der Waals surface area contributed by atoms with Crippen LogP contribution in [0.25, 0.3) is 0 Å². The van der Waals surface area contributed by atoms with Crippen molar-refractivity contribution in [2.24, 2.45) is 0 Å². The molecule has 0 heterocycles. The number of aryl methyl sites for hydroxylation is 1. The van der Waals surface area contributed by atoms with E-state index in [0.29, 0.717) is 11.5 Å². The van der Waals surface area contributed by atoms with Gasteiger partial charge in [-0.3, -0.25) is 0 Å². The zero-order valence-electron chi connectivity index (χ0n) is 19.1. The van der Waals surface area contributed by atoms with Gasteiger partial charge in [-0.25, -0.2) is 8.42 Å². The summed E-state index contributed by atoms with van der Waals surface area (Å²) in [6, 6.07) is 13.5. The molecule has 31 heavy (non-hydrogen) atoms. The Morgan fingerprint density at radius 2 is 1.35 bits per heavy atom. The predicted molar refractivity (Wildman–Crippen MR) is 121 cm³/mol. The molecule has 166 valence electrons. The molecule has 0 fully saturated rings. The maximum Gasteiger partial charge on any atom is 1.00 e. The number of rotatable bonds is 15. The smallest absolute Gasteiger partial charge is 0.744 e. The van der Waals surface area contributed by atoms with Gasteiger partial charge in [0.2, 0.25) is 0 Å². The first-order chi connectivity index (χ1) is 14.5. The van der Waals surface area contributed by atoms with Crippen molar-refractivity contribution in [1.82, 2.24) is 0 Å². The molecule has 0 aliphatic heterocycles.